The summed E-state index contributed by atoms with van der Waals surface area (Å²) in [4.78, 5) is 15.5. The molecule has 3 nitrogen and oxygen atoms in total. The van der Waals surface area contributed by atoms with Crippen molar-refractivity contribution >= 4 is 16.5 Å². The zero-order valence-electron chi connectivity index (χ0n) is 11.5. The van der Waals surface area contributed by atoms with Gasteiger partial charge in [-0.1, -0.05) is 18.2 Å². The Balaban J connectivity index is 2.13. The number of nitrogens with one attached hydrogen (secondary N) is 1. The van der Waals surface area contributed by atoms with E-state index in [1.807, 2.05) is 25.1 Å². The maximum atomic E-state index is 12.2. The zero-order chi connectivity index (χ0) is 13.9. The number of fused-ring (bicyclic) bond motifs is 1. The van der Waals surface area contributed by atoms with E-state index in [-0.39, 0.29) is 5.43 Å². The van der Waals surface area contributed by atoms with Crippen LogP contribution in [0.25, 0.3) is 16.5 Å². The van der Waals surface area contributed by atoms with Gasteiger partial charge in [-0.25, -0.2) is 0 Å². The highest BCUT2D eigenvalue weighted by Gasteiger charge is 2.07. The second kappa shape index (κ2) is 5.37. The number of hydrogen-bond donors (Lipinski definition) is 1. The highest BCUT2D eigenvalue weighted by molar-refractivity contribution is 5.83. The molecule has 0 saturated carbocycles. The van der Waals surface area contributed by atoms with Crippen LogP contribution < -0.4 is 10.2 Å². The molecular weight excluding hydrogens is 250 g/mol. The number of pyridine rings is 1. The van der Waals surface area contributed by atoms with Crippen LogP contribution >= 0.6 is 0 Å². The predicted molar refractivity (Wildman–Crippen MR) is 82.1 cm³/mol. The van der Waals surface area contributed by atoms with Crippen molar-refractivity contribution in [1.29, 1.82) is 0 Å². The maximum absolute atomic E-state index is 12.2. The smallest absolute Gasteiger partial charge is 0.190 e. The number of aromatic nitrogens is 1. The van der Waals surface area contributed by atoms with E-state index >= 15 is 0 Å². The highest BCUT2D eigenvalue weighted by Crippen LogP contribution is 2.22. The molecule has 3 rings (SSSR count). The molecule has 2 aromatic rings. The second-order valence-electron chi connectivity index (χ2n) is 4.83. The van der Waals surface area contributed by atoms with Crippen LogP contribution in [0.3, 0.4) is 0 Å². The Morgan fingerprint density at radius 3 is 2.90 bits per heavy atom. The molecule has 0 atom stereocenters. The quantitative estimate of drug-likeness (QED) is 0.922. The standard InChI is InChI=1S/C17H17NO2/c1-2-20-13-8-9-14-16(10-13)18-15(11-17(14)19)12-6-4-3-5-7-12/h4,6-11H,2-3,5H2,1H3,(H,18,19). The van der Waals surface area contributed by atoms with Crippen molar-refractivity contribution in [3.8, 4) is 5.75 Å². The van der Waals surface area contributed by atoms with Gasteiger partial charge in [0.2, 0.25) is 0 Å². The number of aromatic amines is 1. The summed E-state index contributed by atoms with van der Waals surface area (Å²) in [6.45, 7) is 2.56. The highest BCUT2D eigenvalue weighted by atomic mass is 16.5. The third kappa shape index (κ3) is 2.39. The summed E-state index contributed by atoms with van der Waals surface area (Å²) in [6, 6.07) is 7.20. The minimum Gasteiger partial charge on any atom is -0.494 e. The molecular formula is C17H17NO2. The van der Waals surface area contributed by atoms with Gasteiger partial charge in [-0.15, -0.1) is 0 Å². The van der Waals surface area contributed by atoms with Crippen LogP contribution in [0, 0.1) is 0 Å². The van der Waals surface area contributed by atoms with Crippen molar-refractivity contribution in [3.63, 3.8) is 0 Å². The fourth-order valence-corrected chi connectivity index (χ4v) is 2.46. The molecule has 0 unspecified atom stereocenters. The molecule has 3 heteroatoms. The summed E-state index contributed by atoms with van der Waals surface area (Å²) in [5.41, 5.74) is 2.80. The lowest BCUT2D eigenvalue weighted by Crippen LogP contribution is -2.05. The molecule has 0 fully saturated rings. The second-order valence-corrected chi connectivity index (χ2v) is 4.83. The number of ether oxygens (including phenoxy) is 1. The molecule has 0 saturated heterocycles. The van der Waals surface area contributed by atoms with Gasteiger partial charge in [-0.05, 0) is 37.5 Å². The summed E-state index contributed by atoms with van der Waals surface area (Å²) >= 11 is 0. The molecule has 0 amide bonds. The minimum atomic E-state index is 0.0386. The van der Waals surface area contributed by atoms with Gasteiger partial charge >= 0.3 is 0 Å². The number of H-pyrrole nitrogens is 1. The molecule has 0 aliphatic heterocycles. The van der Waals surface area contributed by atoms with Crippen molar-refractivity contribution in [2.75, 3.05) is 6.61 Å². The number of hydrogen-bond acceptors (Lipinski definition) is 2. The van der Waals surface area contributed by atoms with Crippen LogP contribution in [0.1, 0.15) is 25.5 Å². The van der Waals surface area contributed by atoms with Crippen molar-refractivity contribution in [1.82, 2.24) is 4.98 Å². The first-order chi connectivity index (χ1) is 9.78. The van der Waals surface area contributed by atoms with Crippen LogP contribution in [0.4, 0.5) is 0 Å². The Bertz CT molecular complexity index is 753. The topological polar surface area (TPSA) is 42.1 Å². The van der Waals surface area contributed by atoms with Gasteiger partial charge in [-0.3, -0.25) is 4.79 Å². The SMILES string of the molecule is CCOc1ccc2c(=O)cc(C3=CCCC=C3)[nH]c2c1. The largest absolute Gasteiger partial charge is 0.494 e. The van der Waals surface area contributed by atoms with Crippen molar-refractivity contribution < 1.29 is 4.74 Å². The Hall–Kier alpha value is -2.29. The van der Waals surface area contributed by atoms with Gasteiger partial charge in [0.15, 0.2) is 5.43 Å². The summed E-state index contributed by atoms with van der Waals surface area (Å²) in [6.07, 6.45) is 8.44. The Morgan fingerprint density at radius 1 is 1.25 bits per heavy atom. The van der Waals surface area contributed by atoms with Gasteiger partial charge in [-0.2, -0.15) is 0 Å². The Labute approximate surface area is 117 Å². The number of allylic oxidation sites excluding steroid dienone is 4. The molecule has 102 valence electrons. The summed E-state index contributed by atoms with van der Waals surface area (Å²) in [5.74, 6) is 0.779. The first-order valence-corrected chi connectivity index (χ1v) is 6.95. The summed E-state index contributed by atoms with van der Waals surface area (Å²) in [5, 5.41) is 0.692. The monoisotopic (exact) mass is 267 g/mol. The summed E-state index contributed by atoms with van der Waals surface area (Å²) < 4.78 is 5.49. The fraction of sp³-hybridized carbons (Fsp3) is 0.235. The van der Waals surface area contributed by atoms with E-state index < -0.39 is 0 Å². The van der Waals surface area contributed by atoms with E-state index in [0.717, 1.165) is 35.4 Å². The maximum Gasteiger partial charge on any atom is 0.190 e. The molecule has 1 heterocycles. The van der Waals surface area contributed by atoms with E-state index in [1.165, 1.54) is 0 Å². The van der Waals surface area contributed by atoms with Gasteiger partial charge in [0, 0.05) is 23.2 Å². The molecule has 0 bridgehead atoms. The number of benzene rings is 1. The van der Waals surface area contributed by atoms with Gasteiger partial charge < -0.3 is 9.72 Å². The summed E-state index contributed by atoms with van der Waals surface area (Å²) in [7, 11) is 0. The zero-order valence-corrected chi connectivity index (χ0v) is 11.5. The normalized spacial score (nSPS) is 14.3. The van der Waals surface area contributed by atoms with E-state index in [0.29, 0.717) is 12.0 Å². The Morgan fingerprint density at radius 2 is 2.15 bits per heavy atom. The molecule has 1 aromatic heterocycles. The van der Waals surface area contributed by atoms with Crippen molar-refractivity contribution in [2.45, 2.75) is 19.8 Å². The van der Waals surface area contributed by atoms with Crippen molar-refractivity contribution in [3.05, 3.63) is 58.4 Å². The molecule has 0 radical (unpaired) electrons. The lowest BCUT2D eigenvalue weighted by Gasteiger charge is -2.09. The van der Waals surface area contributed by atoms with Crippen LogP contribution in [-0.4, -0.2) is 11.6 Å². The average Bonchev–Trinajstić information content (AvgIpc) is 2.48. The van der Waals surface area contributed by atoms with Gasteiger partial charge in [0.05, 0.1) is 12.1 Å². The van der Waals surface area contributed by atoms with E-state index in [2.05, 4.69) is 23.2 Å². The van der Waals surface area contributed by atoms with Crippen LogP contribution in [0.5, 0.6) is 5.75 Å². The van der Waals surface area contributed by atoms with E-state index in [9.17, 15) is 4.79 Å². The Kier molecular flexibility index (Phi) is 3.42. The van der Waals surface area contributed by atoms with Crippen LogP contribution in [0.15, 0.2) is 47.3 Å². The van der Waals surface area contributed by atoms with Gasteiger partial charge in [0.1, 0.15) is 5.75 Å². The predicted octanol–water partition coefficient (Wildman–Crippen LogP) is 3.66. The van der Waals surface area contributed by atoms with Gasteiger partial charge in [0.25, 0.3) is 0 Å². The average molecular weight is 267 g/mol. The lowest BCUT2D eigenvalue weighted by atomic mass is 10.0. The van der Waals surface area contributed by atoms with Crippen molar-refractivity contribution in [2.24, 2.45) is 0 Å². The van der Waals surface area contributed by atoms with E-state index in [4.69, 9.17) is 4.74 Å². The van der Waals surface area contributed by atoms with Crippen LogP contribution in [0.2, 0.25) is 0 Å². The molecule has 0 spiro atoms. The fourth-order valence-electron chi connectivity index (χ4n) is 2.46. The third-order valence-electron chi connectivity index (χ3n) is 3.42. The first-order valence-electron chi connectivity index (χ1n) is 6.95. The molecule has 20 heavy (non-hydrogen) atoms. The first kappa shape index (κ1) is 12.7. The number of rotatable bonds is 3. The minimum absolute atomic E-state index is 0.0386. The van der Waals surface area contributed by atoms with E-state index in [1.54, 1.807) is 6.07 Å². The molecule has 1 aromatic carbocycles. The van der Waals surface area contributed by atoms with Crippen LogP contribution in [-0.2, 0) is 0 Å². The molecule has 1 aliphatic carbocycles. The molecule has 1 aliphatic rings. The lowest BCUT2D eigenvalue weighted by molar-refractivity contribution is 0.340. The molecule has 1 N–H and O–H groups in total. The third-order valence-corrected chi connectivity index (χ3v) is 3.42.